The molecule has 0 saturated carbocycles. The molecule has 0 fully saturated rings. The van der Waals surface area contributed by atoms with Gasteiger partial charge in [0, 0.05) is 0 Å². The Morgan fingerprint density at radius 2 is 1.14 bits per heavy atom. The Kier molecular flexibility index (Phi) is 12.3. The molecule has 42 heavy (non-hydrogen) atoms. The van der Waals surface area contributed by atoms with Crippen LogP contribution in [0.25, 0.3) is 12.2 Å². The van der Waals surface area contributed by atoms with E-state index in [1.54, 1.807) is 26.0 Å². The second kappa shape index (κ2) is 16.1. The van der Waals surface area contributed by atoms with E-state index in [2.05, 4.69) is 44.2 Å². The molecule has 0 bridgehead atoms. The van der Waals surface area contributed by atoms with Crippen molar-refractivity contribution in [1.29, 1.82) is 0 Å². The summed E-state index contributed by atoms with van der Waals surface area (Å²) in [7, 11) is 0. The number of ketones is 1. The predicted molar refractivity (Wildman–Crippen MR) is 174 cm³/mol. The second-order valence-electron chi connectivity index (χ2n) is 10.5. The van der Waals surface area contributed by atoms with Crippen LogP contribution in [0.4, 0.5) is 0 Å². The molecule has 0 saturated heterocycles. The van der Waals surface area contributed by atoms with Crippen molar-refractivity contribution in [2.24, 2.45) is 0 Å². The van der Waals surface area contributed by atoms with Crippen molar-refractivity contribution >= 4 is 17.9 Å². The highest BCUT2D eigenvalue weighted by atomic mass is 16.5. The average molecular weight is 563 g/mol. The van der Waals surface area contributed by atoms with Crippen LogP contribution < -0.4 is 9.47 Å². The van der Waals surface area contributed by atoms with Gasteiger partial charge in [0.05, 0.1) is 6.10 Å². The molecule has 0 aromatic heterocycles. The monoisotopic (exact) mass is 562 g/mol. The van der Waals surface area contributed by atoms with Crippen LogP contribution >= 0.6 is 0 Å². The molecular weight excluding hydrogens is 520 g/mol. The van der Waals surface area contributed by atoms with E-state index in [0.29, 0.717) is 13.2 Å². The van der Waals surface area contributed by atoms with E-state index in [-0.39, 0.29) is 5.78 Å². The van der Waals surface area contributed by atoms with E-state index in [9.17, 15) is 9.90 Å². The summed E-state index contributed by atoms with van der Waals surface area (Å²) in [5, 5.41) is 9.26. The number of aliphatic hydroxyl groups is 1. The summed E-state index contributed by atoms with van der Waals surface area (Å²) in [6.45, 7) is 12.7. The molecule has 4 nitrogen and oxygen atoms in total. The molecule has 0 aliphatic carbocycles. The first-order valence-electron chi connectivity index (χ1n) is 14.2. The molecule has 0 spiro atoms. The number of carbonyl (C=O) groups is 1. The molecule has 4 heteroatoms. The van der Waals surface area contributed by atoms with E-state index in [1.165, 1.54) is 22.3 Å². The fourth-order valence-electron chi connectivity index (χ4n) is 4.20. The fraction of sp³-hybridized carbons (Fsp3) is 0.237. The summed E-state index contributed by atoms with van der Waals surface area (Å²) < 4.78 is 11.8. The van der Waals surface area contributed by atoms with Gasteiger partial charge in [-0.3, -0.25) is 4.79 Å². The van der Waals surface area contributed by atoms with Gasteiger partial charge in [0.25, 0.3) is 0 Å². The van der Waals surface area contributed by atoms with Crippen LogP contribution in [0, 0.1) is 27.7 Å². The summed E-state index contributed by atoms with van der Waals surface area (Å²) in [6, 6.07) is 28.4. The smallest absolute Gasteiger partial charge is 0.152 e. The quantitative estimate of drug-likeness (QED) is 0.196. The van der Waals surface area contributed by atoms with Crippen molar-refractivity contribution in [3.63, 3.8) is 0 Å². The Hall–Kier alpha value is -4.41. The first-order valence-corrected chi connectivity index (χ1v) is 14.2. The highest BCUT2D eigenvalue weighted by molar-refractivity contribution is 5.91. The minimum atomic E-state index is -0.428. The Labute approximate surface area is 251 Å². The molecular formula is C38H42O4. The first kappa shape index (κ1) is 32.1. The van der Waals surface area contributed by atoms with Gasteiger partial charge >= 0.3 is 0 Å². The third-order valence-electron chi connectivity index (χ3n) is 6.76. The maximum absolute atomic E-state index is 10.9. The second-order valence-corrected chi connectivity index (χ2v) is 10.5. The predicted octanol–water partition coefficient (Wildman–Crippen LogP) is 8.76. The highest BCUT2D eigenvalue weighted by Crippen LogP contribution is 2.23. The van der Waals surface area contributed by atoms with Crippen molar-refractivity contribution in [2.75, 3.05) is 0 Å². The maximum atomic E-state index is 10.9. The van der Waals surface area contributed by atoms with Crippen LogP contribution in [0.1, 0.15) is 58.4 Å². The van der Waals surface area contributed by atoms with Gasteiger partial charge in [-0.2, -0.15) is 0 Å². The third kappa shape index (κ3) is 10.5. The maximum Gasteiger partial charge on any atom is 0.152 e. The number of aryl methyl sites for hydroxylation is 4. The van der Waals surface area contributed by atoms with Gasteiger partial charge in [0.15, 0.2) is 5.78 Å². The lowest BCUT2D eigenvalue weighted by Crippen LogP contribution is -1.99. The fourth-order valence-corrected chi connectivity index (χ4v) is 4.20. The minimum absolute atomic E-state index is 0.0486. The minimum Gasteiger partial charge on any atom is -0.489 e. The lowest BCUT2D eigenvalue weighted by Gasteiger charge is -2.11. The zero-order valence-corrected chi connectivity index (χ0v) is 25.6. The molecule has 0 heterocycles. The van der Waals surface area contributed by atoms with E-state index in [1.807, 2.05) is 80.6 Å². The van der Waals surface area contributed by atoms with Crippen molar-refractivity contribution in [3.05, 3.63) is 142 Å². The number of hydrogen-bond donors (Lipinski definition) is 1. The Morgan fingerprint density at radius 3 is 1.55 bits per heavy atom. The molecule has 218 valence electrons. The number of rotatable bonds is 10. The number of carbonyl (C=O) groups excluding carboxylic acids is 1. The molecule has 0 amide bonds. The lowest BCUT2D eigenvalue weighted by atomic mass is 10.1. The zero-order chi connectivity index (χ0) is 30.5. The molecule has 4 aromatic rings. The SMILES string of the molecule is CC(=O)/C=C/c1ccc(OCc2ccccc2C)c(C)c1.Cc1ccccc1COc1ccc(/C=C/C(C)O)cc1C. The Balaban J connectivity index is 0.000000230. The van der Waals surface area contributed by atoms with Crippen LogP contribution in [-0.2, 0) is 18.0 Å². The Morgan fingerprint density at radius 1 is 0.690 bits per heavy atom. The van der Waals surface area contributed by atoms with Crippen LogP contribution in [-0.4, -0.2) is 17.0 Å². The Bertz CT molecular complexity index is 1530. The van der Waals surface area contributed by atoms with Crippen molar-refractivity contribution < 1.29 is 19.4 Å². The highest BCUT2D eigenvalue weighted by Gasteiger charge is 2.04. The van der Waals surface area contributed by atoms with E-state index < -0.39 is 6.10 Å². The topological polar surface area (TPSA) is 55.8 Å². The van der Waals surface area contributed by atoms with Gasteiger partial charge < -0.3 is 14.6 Å². The van der Waals surface area contributed by atoms with Gasteiger partial charge in [-0.25, -0.2) is 0 Å². The number of benzene rings is 4. The summed E-state index contributed by atoms with van der Waals surface area (Å²) in [5.74, 6) is 1.82. The summed E-state index contributed by atoms with van der Waals surface area (Å²) in [4.78, 5) is 10.9. The molecule has 1 atom stereocenters. The van der Waals surface area contributed by atoms with Crippen LogP contribution in [0.3, 0.4) is 0 Å². The number of aliphatic hydroxyl groups excluding tert-OH is 1. The van der Waals surface area contributed by atoms with Crippen molar-refractivity contribution in [2.45, 2.75) is 60.9 Å². The van der Waals surface area contributed by atoms with E-state index in [0.717, 1.165) is 33.8 Å². The lowest BCUT2D eigenvalue weighted by molar-refractivity contribution is -0.112. The van der Waals surface area contributed by atoms with Gasteiger partial charge in [0.2, 0.25) is 0 Å². The summed E-state index contributed by atoms with van der Waals surface area (Å²) >= 11 is 0. The van der Waals surface area contributed by atoms with Gasteiger partial charge in [-0.1, -0.05) is 78.9 Å². The normalized spacial score (nSPS) is 11.7. The largest absolute Gasteiger partial charge is 0.489 e. The molecule has 0 aliphatic heterocycles. The van der Waals surface area contributed by atoms with Crippen LogP contribution in [0.2, 0.25) is 0 Å². The van der Waals surface area contributed by atoms with Crippen molar-refractivity contribution in [3.8, 4) is 11.5 Å². The van der Waals surface area contributed by atoms with Gasteiger partial charge in [0.1, 0.15) is 24.7 Å². The molecule has 1 N–H and O–H groups in total. The zero-order valence-electron chi connectivity index (χ0n) is 25.6. The molecule has 0 radical (unpaired) electrons. The standard InChI is InChI=1S/C19H22O2.C19H20O2/c2*1-14-6-4-5-7-18(14)13-21-19-11-10-17(12-15(19)2)9-8-16(3)20/h4-12,16,20H,13H2,1-3H3;4-12H,13H2,1-3H3/b2*9-8+. The van der Waals surface area contributed by atoms with E-state index in [4.69, 9.17) is 9.47 Å². The molecule has 0 aliphatic rings. The summed E-state index contributed by atoms with van der Waals surface area (Å²) in [5.41, 5.74) is 9.10. The van der Waals surface area contributed by atoms with Crippen LogP contribution in [0.15, 0.2) is 97.1 Å². The first-order chi connectivity index (χ1) is 20.1. The molecule has 1 unspecified atom stereocenters. The number of hydrogen-bond acceptors (Lipinski definition) is 4. The van der Waals surface area contributed by atoms with Crippen molar-refractivity contribution in [1.82, 2.24) is 0 Å². The number of allylic oxidation sites excluding steroid dienone is 1. The van der Waals surface area contributed by atoms with E-state index >= 15 is 0 Å². The molecule has 4 rings (SSSR count). The van der Waals surface area contributed by atoms with Gasteiger partial charge in [-0.05, 0) is 116 Å². The molecule has 4 aromatic carbocycles. The third-order valence-corrected chi connectivity index (χ3v) is 6.76. The van der Waals surface area contributed by atoms with Crippen LogP contribution in [0.5, 0.6) is 11.5 Å². The number of ether oxygens (including phenoxy) is 2. The van der Waals surface area contributed by atoms with Gasteiger partial charge in [-0.15, -0.1) is 0 Å². The summed E-state index contributed by atoms with van der Waals surface area (Å²) in [6.07, 6.45) is 6.65. The average Bonchev–Trinajstić information content (AvgIpc) is 2.96.